The molecule has 1 aliphatic rings. The zero-order chi connectivity index (χ0) is 14.1. The van der Waals surface area contributed by atoms with Crippen molar-refractivity contribution in [2.24, 2.45) is 7.05 Å². The zero-order valence-corrected chi connectivity index (χ0v) is 13.3. The Morgan fingerprint density at radius 3 is 2.85 bits per heavy atom. The molecule has 0 saturated carbocycles. The minimum atomic E-state index is 0.558. The maximum Gasteiger partial charge on any atom is 0.113 e. The number of likely N-dealkylation sites (tertiary alicyclic amines) is 1. The average Bonchev–Trinajstić information content (AvgIpc) is 2.96. The van der Waals surface area contributed by atoms with Crippen LogP contribution in [0.5, 0.6) is 0 Å². The third-order valence-corrected chi connectivity index (χ3v) is 4.78. The standard InChI is InChI=1S/C15H22N4S/c1-11-7-18(3)15(16-11)13-5-4-6-19(8-13)9-14-10-20-12(2)17-14/h7,10,13H,4-6,8-9H2,1-3H3. The van der Waals surface area contributed by atoms with Gasteiger partial charge in [0.1, 0.15) is 5.82 Å². The first-order chi connectivity index (χ1) is 9.61. The van der Waals surface area contributed by atoms with E-state index in [2.05, 4.69) is 46.9 Å². The summed E-state index contributed by atoms with van der Waals surface area (Å²) in [6, 6.07) is 0. The summed E-state index contributed by atoms with van der Waals surface area (Å²) >= 11 is 1.74. The van der Waals surface area contributed by atoms with Gasteiger partial charge in [-0.25, -0.2) is 9.97 Å². The van der Waals surface area contributed by atoms with Crippen LogP contribution in [0.15, 0.2) is 11.6 Å². The van der Waals surface area contributed by atoms with Crippen molar-refractivity contribution in [2.45, 2.75) is 39.2 Å². The quantitative estimate of drug-likeness (QED) is 0.871. The van der Waals surface area contributed by atoms with E-state index < -0.39 is 0 Å². The molecule has 2 aromatic heterocycles. The Balaban J connectivity index is 1.68. The van der Waals surface area contributed by atoms with Crippen molar-refractivity contribution < 1.29 is 0 Å². The molecular formula is C15H22N4S. The molecular weight excluding hydrogens is 268 g/mol. The fourth-order valence-corrected chi connectivity index (χ4v) is 3.74. The molecule has 1 unspecified atom stereocenters. The van der Waals surface area contributed by atoms with Crippen molar-refractivity contribution in [3.8, 4) is 0 Å². The summed E-state index contributed by atoms with van der Waals surface area (Å²) in [6.45, 7) is 7.40. The van der Waals surface area contributed by atoms with Gasteiger partial charge in [0.25, 0.3) is 0 Å². The monoisotopic (exact) mass is 290 g/mol. The molecule has 4 nitrogen and oxygen atoms in total. The van der Waals surface area contributed by atoms with Crippen LogP contribution in [0.2, 0.25) is 0 Å². The third-order valence-electron chi connectivity index (χ3n) is 3.96. The van der Waals surface area contributed by atoms with Gasteiger partial charge in [0.15, 0.2) is 0 Å². The van der Waals surface area contributed by atoms with E-state index in [1.54, 1.807) is 11.3 Å². The second-order valence-electron chi connectivity index (χ2n) is 5.78. The maximum atomic E-state index is 4.70. The van der Waals surface area contributed by atoms with E-state index >= 15 is 0 Å². The molecule has 20 heavy (non-hydrogen) atoms. The van der Waals surface area contributed by atoms with Crippen LogP contribution in [-0.4, -0.2) is 32.5 Å². The number of aryl methyl sites for hydroxylation is 3. The fraction of sp³-hybridized carbons (Fsp3) is 0.600. The van der Waals surface area contributed by atoms with E-state index in [1.165, 1.54) is 30.9 Å². The molecule has 1 fully saturated rings. The van der Waals surface area contributed by atoms with Crippen molar-refractivity contribution in [3.05, 3.63) is 33.8 Å². The maximum absolute atomic E-state index is 4.70. The molecule has 108 valence electrons. The minimum Gasteiger partial charge on any atom is -0.337 e. The van der Waals surface area contributed by atoms with Crippen molar-refractivity contribution in [1.82, 2.24) is 19.4 Å². The van der Waals surface area contributed by atoms with E-state index in [4.69, 9.17) is 4.98 Å². The first-order valence-corrected chi connectivity index (χ1v) is 8.13. The van der Waals surface area contributed by atoms with Crippen LogP contribution in [0, 0.1) is 13.8 Å². The first-order valence-electron chi connectivity index (χ1n) is 7.25. The van der Waals surface area contributed by atoms with E-state index in [9.17, 15) is 0 Å². The van der Waals surface area contributed by atoms with Gasteiger partial charge in [-0.05, 0) is 33.2 Å². The lowest BCUT2D eigenvalue weighted by Crippen LogP contribution is -2.34. The second-order valence-corrected chi connectivity index (χ2v) is 6.85. The lowest BCUT2D eigenvalue weighted by molar-refractivity contribution is 0.193. The molecule has 0 amide bonds. The van der Waals surface area contributed by atoms with Crippen LogP contribution in [0.3, 0.4) is 0 Å². The SMILES string of the molecule is Cc1cn(C)c(C2CCCN(Cc3csc(C)n3)C2)n1. The molecule has 0 aromatic carbocycles. The molecule has 3 rings (SSSR count). The van der Waals surface area contributed by atoms with Crippen molar-refractivity contribution in [3.63, 3.8) is 0 Å². The van der Waals surface area contributed by atoms with Gasteiger partial charge in [-0.2, -0.15) is 0 Å². The Hall–Kier alpha value is -1.20. The highest BCUT2D eigenvalue weighted by molar-refractivity contribution is 7.09. The highest BCUT2D eigenvalue weighted by Crippen LogP contribution is 2.27. The molecule has 1 saturated heterocycles. The number of hydrogen-bond acceptors (Lipinski definition) is 4. The number of thiazole rings is 1. The molecule has 3 heterocycles. The number of piperidine rings is 1. The summed E-state index contributed by atoms with van der Waals surface area (Å²) in [5, 5.41) is 3.34. The minimum absolute atomic E-state index is 0.558. The van der Waals surface area contributed by atoms with Gasteiger partial charge in [0, 0.05) is 37.6 Å². The van der Waals surface area contributed by atoms with E-state index in [0.717, 1.165) is 23.8 Å². The third kappa shape index (κ3) is 2.94. The Morgan fingerprint density at radius 2 is 2.20 bits per heavy atom. The molecule has 2 aromatic rings. The van der Waals surface area contributed by atoms with Gasteiger partial charge in [0.2, 0.25) is 0 Å². The Labute approximate surface area is 124 Å². The molecule has 1 atom stereocenters. The predicted molar refractivity (Wildman–Crippen MR) is 82.0 cm³/mol. The van der Waals surface area contributed by atoms with Gasteiger partial charge in [0.05, 0.1) is 16.4 Å². The van der Waals surface area contributed by atoms with Gasteiger partial charge < -0.3 is 4.57 Å². The highest BCUT2D eigenvalue weighted by Gasteiger charge is 2.24. The van der Waals surface area contributed by atoms with Crippen LogP contribution >= 0.6 is 11.3 Å². The van der Waals surface area contributed by atoms with Crippen LogP contribution in [0.4, 0.5) is 0 Å². The smallest absolute Gasteiger partial charge is 0.113 e. The normalized spacial score (nSPS) is 20.4. The van der Waals surface area contributed by atoms with E-state index in [1.807, 2.05) is 0 Å². The lowest BCUT2D eigenvalue weighted by Gasteiger charge is -2.31. The van der Waals surface area contributed by atoms with E-state index in [-0.39, 0.29) is 0 Å². The molecule has 0 spiro atoms. The molecule has 0 bridgehead atoms. The summed E-state index contributed by atoms with van der Waals surface area (Å²) < 4.78 is 2.19. The van der Waals surface area contributed by atoms with Crippen LogP contribution < -0.4 is 0 Å². The molecule has 5 heteroatoms. The average molecular weight is 290 g/mol. The summed E-state index contributed by atoms with van der Waals surface area (Å²) in [4.78, 5) is 11.8. The topological polar surface area (TPSA) is 34.0 Å². The zero-order valence-electron chi connectivity index (χ0n) is 12.5. The summed E-state index contributed by atoms with van der Waals surface area (Å²) in [5.41, 5.74) is 2.33. The van der Waals surface area contributed by atoms with Gasteiger partial charge in [-0.15, -0.1) is 11.3 Å². The second kappa shape index (κ2) is 5.66. The number of hydrogen-bond donors (Lipinski definition) is 0. The summed E-state index contributed by atoms with van der Waals surface area (Å²) in [6.07, 6.45) is 4.62. The van der Waals surface area contributed by atoms with Crippen LogP contribution in [0.25, 0.3) is 0 Å². The summed E-state index contributed by atoms with van der Waals surface area (Å²) in [5.74, 6) is 1.80. The van der Waals surface area contributed by atoms with Gasteiger partial charge >= 0.3 is 0 Å². The fourth-order valence-electron chi connectivity index (χ4n) is 3.13. The number of nitrogens with zero attached hydrogens (tertiary/aromatic N) is 4. The van der Waals surface area contributed by atoms with Gasteiger partial charge in [-0.1, -0.05) is 0 Å². The molecule has 1 aliphatic heterocycles. The Morgan fingerprint density at radius 1 is 1.35 bits per heavy atom. The lowest BCUT2D eigenvalue weighted by atomic mass is 9.97. The molecule has 0 aliphatic carbocycles. The van der Waals surface area contributed by atoms with Crippen molar-refractivity contribution in [2.75, 3.05) is 13.1 Å². The summed E-state index contributed by atoms with van der Waals surface area (Å²) in [7, 11) is 2.11. The Kier molecular flexibility index (Phi) is 3.89. The van der Waals surface area contributed by atoms with Crippen molar-refractivity contribution in [1.29, 1.82) is 0 Å². The Bertz CT molecular complexity index is 586. The highest BCUT2D eigenvalue weighted by atomic mass is 32.1. The van der Waals surface area contributed by atoms with Gasteiger partial charge in [-0.3, -0.25) is 4.90 Å². The van der Waals surface area contributed by atoms with Crippen molar-refractivity contribution >= 4 is 11.3 Å². The van der Waals surface area contributed by atoms with Crippen LogP contribution in [-0.2, 0) is 13.6 Å². The largest absolute Gasteiger partial charge is 0.337 e. The number of aromatic nitrogens is 3. The molecule has 0 N–H and O–H groups in total. The van der Waals surface area contributed by atoms with Crippen LogP contribution in [0.1, 0.15) is 41.0 Å². The van der Waals surface area contributed by atoms with E-state index in [0.29, 0.717) is 5.92 Å². The number of rotatable bonds is 3. The predicted octanol–water partition coefficient (Wildman–Crippen LogP) is 2.87. The molecule has 0 radical (unpaired) electrons. The number of imidazole rings is 1. The first kappa shape index (κ1) is 13.8.